The van der Waals surface area contributed by atoms with Crippen molar-refractivity contribution in [3.05, 3.63) is 23.9 Å². The van der Waals surface area contributed by atoms with Gasteiger partial charge in [-0.15, -0.1) is 0 Å². The first-order valence-corrected chi connectivity index (χ1v) is 16.1. The molecule has 0 aromatic rings. The molecule has 41 heavy (non-hydrogen) atoms. The number of ether oxygens (including phenoxy) is 1. The van der Waals surface area contributed by atoms with Gasteiger partial charge < -0.3 is 20.9 Å². The number of carboxylic acids is 1. The van der Waals surface area contributed by atoms with Crippen molar-refractivity contribution >= 4 is 30.5 Å². The Balaban J connectivity index is 4.87. The van der Waals surface area contributed by atoms with E-state index in [2.05, 4.69) is 37.0 Å². The quantitative estimate of drug-likeness (QED) is 0.0298. The zero-order chi connectivity index (χ0) is 30.9. The van der Waals surface area contributed by atoms with E-state index in [9.17, 15) is 24.8 Å². The molecule has 0 saturated carbocycles. The number of aliphatic carboxylic acids is 1. The third-order valence-corrected chi connectivity index (χ3v) is 7.66. The molecule has 0 saturated heterocycles. The first-order valence-electron chi connectivity index (χ1n) is 15.6. The van der Waals surface area contributed by atoms with Crippen LogP contribution in [0.3, 0.4) is 0 Å². The summed E-state index contributed by atoms with van der Waals surface area (Å²) in [5.74, 6) is -3.10. The van der Waals surface area contributed by atoms with Gasteiger partial charge >= 0.3 is 11.9 Å². The van der Waals surface area contributed by atoms with Crippen molar-refractivity contribution < 1.29 is 24.2 Å². The Morgan fingerprint density at radius 3 is 2.24 bits per heavy atom. The number of thiol groups is 1. The number of nitrogens with zero attached hydrogens (tertiary/aromatic N) is 1. The average Bonchev–Trinajstić information content (AvgIpc) is 2.94. The summed E-state index contributed by atoms with van der Waals surface area (Å²) >= 11 is 4.51. The molecule has 0 aromatic carbocycles. The molecule has 0 aliphatic carbocycles. The Labute approximate surface area is 254 Å². The smallest absolute Gasteiger partial charge is 0.352 e. The number of nitrogens with one attached hydrogen (secondary N) is 1. The number of carboxylic acid groups (broad SMARTS) is 1. The Morgan fingerprint density at radius 2 is 1.61 bits per heavy atom. The van der Waals surface area contributed by atoms with Gasteiger partial charge in [0.15, 0.2) is 0 Å². The Hall–Kier alpha value is -2.31. The van der Waals surface area contributed by atoms with Crippen molar-refractivity contribution in [1.29, 1.82) is 5.26 Å². The normalized spacial score (nSPS) is 14.7. The molecule has 8 nitrogen and oxygen atoms in total. The first kappa shape index (κ1) is 38.7. The SMILES string of the molecule is CCCCC=C(NC(=O)[C@@H](C#N)C(S)CCCCC(CC=CCCCCCCCC)CC(N)C(=O)OCC)C(=O)O. The van der Waals surface area contributed by atoms with E-state index < -0.39 is 29.1 Å². The summed E-state index contributed by atoms with van der Waals surface area (Å²) in [6.07, 6.45) is 21.1. The van der Waals surface area contributed by atoms with E-state index in [0.717, 1.165) is 44.9 Å². The lowest BCUT2D eigenvalue weighted by molar-refractivity contribution is -0.145. The molecule has 1 amide bonds. The molecule has 0 aromatic heterocycles. The topological polar surface area (TPSA) is 143 Å². The summed E-state index contributed by atoms with van der Waals surface area (Å²) in [6, 6.07) is 1.32. The highest BCUT2D eigenvalue weighted by molar-refractivity contribution is 7.81. The molecule has 0 fully saturated rings. The monoisotopic (exact) mass is 593 g/mol. The highest BCUT2D eigenvalue weighted by Crippen LogP contribution is 2.23. The number of unbranched alkanes of at least 4 members (excludes halogenated alkanes) is 9. The summed E-state index contributed by atoms with van der Waals surface area (Å²) in [7, 11) is 0. The molecule has 4 atom stereocenters. The molecule has 0 aliphatic heterocycles. The van der Waals surface area contributed by atoms with Gasteiger partial charge in [0.2, 0.25) is 5.91 Å². The highest BCUT2D eigenvalue weighted by Gasteiger charge is 2.27. The maximum absolute atomic E-state index is 12.6. The molecule has 0 spiro atoms. The van der Waals surface area contributed by atoms with Gasteiger partial charge in [0.25, 0.3) is 0 Å². The van der Waals surface area contributed by atoms with E-state index in [1.165, 1.54) is 44.6 Å². The van der Waals surface area contributed by atoms with Crippen LogP contribution in [-0.4, -0.2) is 40.9 Å². The van der Waals surface area contributed by atoms with Crippen molar-refractivity contribution in [2.75, 3.05) is 6.61 Å². The van der Waals surface area contributed by atoms with Crippen LogP contribution in [0, 0.1) is 23.2 Å². The molecule has 0 bridgehead atoms. The van der Waals surface area contributed by atoms with E-state index in [1.54, 1.807) is 6.92 Å². The van der Waals surface area contributed by atoms with Crippen molar-refractivity contribution in [3.8, 4) is 6.07 Å². The number of amides is 1. The van der Waals surface area contributed by atoms with Gasteiger partial charge in [0.05, 0.1) is 12.7 Å². The molecule has 234 valence electrons. The molecular formula is C32H55N3O5S. The summed E-state index contributed by atoms with van der Waals surface area (Å²) < 4.78 is 5.09. The van der Waals surface area contributed by atoms with Crippen molar-refractivity contribution in [1.82, 2.24) is 5.32 Å². The minimum absolute atomic E-state index is 0.199. The van der Waals surface area contributed by atoms with Gasteiger partial charge in [-0.2, -0.15) is 17.9 Å². The molecule has 0 radical (unpaired) electrons. The maximum atomic E-state index is 12.6. The lowest BCUT2D eigenvalue weighted by atomic mass is 9.90. The summed E-state index contributed by atoms with van der Waals surface area (Å²) in [4.78, 5) is 36.2. The van der Waals surface area contributed by atoms with E-state index in [4.69, 9.17) is 10.5 Å². The highest BCUT2D eigenvalue weighted by atomic mass is 32.1. The second-order valence-electron chi connectivity index (χ2n) is 10.7. The zero-order valence-electron chi connectivity index (χ0n) is 25.6. The van der Waals surface area contributed by atoms with Crippen LogP contribution in [0.2, 0.25) is 0 Å². The number of nitriles is 1. The van der Waals surface area contributed by atoms with E-state index in [-0.39, 0.29) is 17.6 Å². The Morgan fingerprint density at radius 1 is 0.951 bits per heavy atom. The van der Waals surface area contributed by atoms with Crippen LogP contribution in [-0.2, 0) is 19.1 Å². The fourth-order valence-corrected chi connectivity index (χ4v) is 5.00. The van der Waals surface area contributed by atoms with Gasteiger partial charge in [-0.25, -0.2) is 4.79 Å². The number of nitrogens with two attached hydrogens (primary N) is 1. The minimum atomic E-state index is -1.23. The predicted molar refractivity (Wildman–Crippen MR) is 168 cm³/mol. The summed E-state index contributed by atoms with van der Waals surface area (Å²) in [6.45, 7) is 6.28. The second-order valence-corrected chi connectivity index (χ2v) is 11.4. The fraction of sp³-hybridized carbons (Fsp3) is 0.750. The third-order valence-electron chi connectivity index (χ3n) is 7.10. The Kier molecular flexibility index (Phi) is 24.0. The van der Waals surface area contributed by atoms with E-state index >= 15 is 0 Å². The summed E-state index contributed by atoms with van der Waals surface area (Å²) in [5.41, 5.74) is 5.92. The average molecular weight is 594 g/mol. The number of esters is 1. The zero-order valence-corrected chi connectivity index (χ0v) is 26.5. The maximum Gasteiger partial charge on any atom is 0.352 e. The number of rotatable bonds is 25. The molecule has 3 unspecified atom stereocenters. The predicted octanol–water partition coefficient (Wildman–Crippen LogP) is 6.85. The number of hydrogen-bond donors (Lipinski definition) is 4. The van der Waals surface area contributed by atoms with Gasteiger partial charge in [-0.3, -0.25) is 9.59 Å². The Bertz CT molecular complexity index is 840. The number of carbonyl (C=O) groups is 3. The minimum Gasteiger partial charge on any atom is -0.477 e. The number of carbonyl (C=O) groups excluding carboxylic acids is 2. The van der Waals surface area contributed by atoms with Gasteiger partial charge in [0, 0.05) is 5.25 Å². The lowest BCUT2D eigenvalue weighted by Gasteiger charge is -2.20. The standard InChI is InChI=1S/C32H55N3O5S/c1-4-7-9-10-11-12-13-14-16-19-25(23-27(34)32(39)40-6-3)20-17-18-22-29(41)26(24-33)30(36)35-28(31(37)38)21-15-8-5-2/h14,16,21,25-27,29,41H,4-13,15,17-20,22-23,34H2,1-3H3,(H,35,36)(H,37,38)/t25?,26-,27?,29?/m0/s1. The van der Waals surface area contributed by atoms with Gasteiger partial charge in [0.1, 0.15) is 17.7 Å². The summed E-state index contributed by atoms with van der Waals surface area (Å²) in [5, 5.41) is 20.8. The van der Waals surface area contributed by atoms with Crippen LogP contribution in [0.5, 0.6) is 0 Å². The number of allylic oxidation sites excluding steroid dienone is 3. The largest absolute Gasteiger partial charge is 0.477 e. The van der Waals surface area contributed by atoms with Crippen LogP contribution >= 0.6 is 12.6 Å². The fourth-order valence-electron chi connectivity index (χ4n) is 4.61. The van der Waals surface area contributed by atoms with Gasteiger partial charge in [-0.05, 0) is 57.8 Å². The molecule has 0 aliphatic rings. The molecule has 0 heterocycles. The molecule has 9 heteroatoms. The van der Waals surface area contributed by atoms with Crippen LogP contribution < -0.4 is 11.1 Å². The lowest BCUT2D eigenvalue weighted by Crippen LogP contribution is -2.36. The van der Waals surface area contributed by atoms with Crippen LogP contribution in [0.15, 0.2) is 23.9 Å². The van der Waals surface area contributed by atoms with E-state index in [0.29, 0.717) is 25.9 Å². The molecular weight excluding hydrogens is 538 g/mol. The van der Waals surface area contributed by atoms with Crippen molar-refractivity contribution in [2.45, 2.75) is 135 Å². The molecule has 0 rings (SSSR count). The third kappa shape index (κ3) is 19.4. The number of hydrogen-bond acceptors (Lipinski definition) is 7. The molecule has 4 N–H and O–H groups in total. The second kappa shape index (κ2) is 25.4. The van der Waals surface area contributed by atoms with Gasteiger partial charge in [-0.1, -0.05) is 89.9 Å². The van der Waals surface area contributed by atoms with Crippen LogP contribution in [0.1, 0.15) is 124 Å². The first-order chi connectivity index (χ1) is 19.7. The van der Waals surface area contributed by atoms with Crippen molar-refractivity contribution in [3.63, 3.8) is 0 Å². The van der Waals surface area contributed by atoms with Crippen molar-refractivity contribution in [2.24, 2.45) is 17.6 Å². The van der Waals surface area contributed by atoms with Crippen LogP contribution in [0.4, 0.5) is 0 Å². The van der Waals surface area contributed by atoms with E-state index in [1.807, 2.05) is 13.0 Å². The van der Waals surface area contributed by atoms with Crippen LogP contribution in [0.25, 0.3) is 0 Å².